The number of carbonyl (C=O) groups is 1. The Morgan fingerprint density at radius 3 is 2.27 bits per heavy atom. The zero-order valence-electron chi connectivity index (χ0n) is 16.0. The summed E-state index contributed by atoms with van der Waals surface area (Å²) in [6.07, 6.45) is 0.913. The molecule has 6 nitrogen and oxygen atoms in total. The van der Waals surface area contributed by atoms with Gasteiger partial charge in [-0.2, -0.15) is 4.98 Å². The van der Waals surface area contributed by atoms with Gasteiger partial charge in [-0.3, -0.25) is 4.79 Å². The average molecular weight is 353 g/mol. The second kappa shape index (κ2) is 7.32. The fourth-order valence-electron chi connectivity index (χ4n) is 3.01. The van der Waals surface area contributed by atoms with Crippen LogP contribution in [0, 0.1) is 6.92 Å². The lowest BCUT2D eigenvalue weighted by Gasteiger charge is -2.33. The molecule has 0 atom stereocenters. The third kappa shape index (κ3) is 4.31. The van der Waals surface area contributed by atoms with Gasteiger partial charge in [0.2, 0.25) is 12.4 Å². The molecular weight excluding hydrogens is 326 g/mol. The summed E-state index contributed by atoms with van der Waals surface area (Å²) in [4.78, 5) is 24.0. The summed E-state index contributed by atoms with van der Waals surface area (Å²) in [5.41, 5.74) is 3.32. The molecule has 1 aliphatic rings. The molecule has 0 bridgehead atoms. The highest BCUT2D eigenvalue weighted by molar-refractivity contribution is 5.57. The van der Waals surface area contributed by atoms with Crippen molar-refractivity contribution in [3.63, 3.8) is 0 Å². The van der Waals surface area contributed by atoms with Crippen molar-refractivity contribution in [3.8, 4) is 0 Å². The lowest BCUT2D eigenvalue weighted by Crippen LogP contribution is -2.46. The highest BCUT2D eigenvalue weighted by Crippen LogP contribution is 2.25. The van der Waals surface area contributed by atoms with Gasteiger partial charge in [0.05, 0.1) is 0 Å². The summed E-state index contributed by atoms with van der Waals surface area (Å²) < 4.78 is 0. The summed E-state index contributed by atoms with van der Waals surface area (Å²) in [6.45, 7) is 11.6. The first-order valence-electron chi connectivity index (χ1n) is 9.03. The van der Waals surface area contributed by atoms with Crippen LogP contribution in [0.3, 0.4) is 0 Å². The number of anilines is 3. The maximum Gasteiger partial charge on any atom is 0.229 e. The molecule has 1 fully saturated rings. The molecule has 2 aromatic rings. The van der Waals surface area contributed by atoms with Gasteiger partial charge < -0.3 is 15.1 Å². The van der Waals surface area contributed by atoms with Crippen molar-refractivity contribution in [1.29, 1.82) is 0 Å². The first kappa shape index (κ1) is 18.2. The third-order valence-corrected chi connectivity index (χ3v) is 4.64. The van der Waals surface area contributed by atoms with Crippen molar-refractivity contribution in [1.82, 2.24) is 14.9 Å². The molecule has 0 radical (unpaired) electrons. The topological polar surface area (TPSA) is 61.4 Å². The normalized spacial score (nSPS) is 15.1. The number of amides is 1. The summed E-state index contributed by atoms with van der Waals surface area (Å²) >= 11 is 0. The molecule has 1 amide bonds. The van der Waals surface area contributed by atoms with Crippen molar-refractivity contribution >= 4 is 23.9 Å². The molecular formula is C20H27N5O. The number of aryl methyl sites for hydroxylation is 1. The smallest absolute Gasteiger partial charge is 0.229 e. The van der Waals surface area contributed by atoms with Crippen LogP contribution in [0.25, 0.3) is 0 Å². The highest BCUT2D eigenvalue weighted by atomic mass is 16.1. The number of benzene rings is 1. The molecule has 1 aromatic carbocycles. The van der Waals surface area contributed by atoms with Crippen LogP contribution in [-0.2, 0) is 10.2 Å². The quantitative estimate of drug-likeness (QED) is 0.856. The number of hydrogen-bond donors (Lipinski definition) is 1. The Bertz CT molecular complexity index is 759. The SMILES string of the molecule is Cc1cc(N2CCN(C=O)CC2)nc(Nc2ccc(C(C)(C)C)cc2)n1. The van der Waals surface area contributed by atoms with Crippen molar-refractivity contribution < 1.29 is 4.79 Å². The zero-order valence-corrected chi connectivity index (χ0v) is 16.0. The lowest BCUT2D eigenvalue weighted by molar-refractivity contribution is -0.118. The van der Waals surface area contributed by atoms with E-state index in [1.54, 1.807) is 4.90 Å². The average Bonchev–Trinajstić information content (AvgIpc) is 2.61. The number of piperazine rings is 1. The number of nitrogens with one attached hydrogen (secondary N) is 1. The maximum atomic E-state index is 10.9. The van der Waals surface area contributed by atoms with Crippen LogP contribution in [0.5, 0.6) is 0 Å². The van der Waals surface area contributed by atoms with Crippen LogP contribution in [0.15, 0.2) is 30.3 Å². The van der Waals surface area contributed by atoms with Gasteiger partial charge in [-0.1, -0.05) is 32.9 Å². The van der Waals surface area contributed by atoms with Crippen molar-refractivity contribution in [2.75, 3.05) is 36.4 Å². The van der Waals surface area contributed by atoms with E-state index in [9.17, 15) is 4.79 Å². The zero-order chi connectivity index (χ0) is 18.7. The monoisotopic (exact) mass is 353 g/mol. The van der Waals surface area contributed by atoms with Gasteiger partial charge >= 0.3 is 0 Å². The van der Waals surface area contributed by atoms with E-state index in [1.807, 2.05) is 13.0 Å². The van der Waals surface area contributed by atoms with Crippen molar-refractivity contribution in [3.05, 3.63) is 41.6 Å². The number of carbonyl (C=O) groups excluding carboxylic acids is 1. The molecule has 0 aliphatic carbocycles. The van der Waals surface area contributed by atoms with E-state index in [-0.39, 0.29) is 5.41 Å². The van der Waals surface area contributed by atoms with Crippen LogP contribution in [0.2, 0.25) is 0 Å². The van der Waals surface area contributed by atoms with Gasteiger partial charge in [0, 0.05) is 43.6 Å². The Kier molecular flexibility index (Phi) is 5.11. The van der Waals surface area contributed by atoms with Crippen LogP contribution >= 0.6 is 0 Å². The second-order valence-electron chi connectivity index (χ2n) is 7.77. The van der Waals surface area contributed by atoms with E-state index >= 15 is 0 Å². The number of hydrogen-bond acceptors (Lipinski definition) is 5. The minimum absolute atomic E-state index is 0.134. The maximum absolute atomic E-state index is 10.9. The molecule has 138 valence electrons. The molecule has 26 heavy (non-hydrogen) atoms. The van der Waals surface area contributed by atoms with Gasteiger partial charge in [0.25, 0.3) is 0 Å². The van der Waals surface area contributed by atoms with Crippen LogP contribution < -0.4 is 10.2 Å². The second-order valence-corrected chi connectivity index (χ2v) is 7.77. The fraction of sp³-hybridized carbons (Fsp3) is 0.450. The van der Waals surface area contributed by atoms with Crippen LogP contribution in [-0.4, -0.2) is 47.5 Å². The molecule has 1 N–H and O–H groups in total. The van der Waals surface area contributed by atoms with Gasteiger partial charge in [0.15, 0.2) is 0 Å². The number of rotatable bonds is 4. The van der Waals surface area contributed by atoms with Crippen molar-refractivity contribution in [2.24, 2.45) is 0 Å². The Labute approximate surface area is 155 Å². The minimum atomic E-state index is 0.134. The number of aromatic nitrogens is 2. The number of nitrogens with zero attached hydrogens (tertiary/aromatic N) is 4. The van der Waals surface area contributed by atoms with E-state index < -0.39 is 0 Å². The first-order chi connectivity index (χ1) is 12.3. The standard InChI is InChI=1S/C20H27N5O/c1-15-13-18(25-11-9-24(14-26)10-12-25)23-19(21-15)22-17-7-5-16(6-8-17)20(2,3)4/h5-8,13-14H,9-12H2,1-4H3,(H,21,22,23). The molecule has 1 aromatic heterocycles. The van der Waals surface area contributed by atoms with Gasteiger partial charge in [-0.25, -0.2) is 4.98 Å². The first-order valence-corrected chi connectivity index (χ1v) is 9.03. The molecule has 6 heteroatoms. The van der Waals surface area contributed by atoms with E-state index in [0.717, 1.165) is 49.8 Å². The van der Waals surface area contributed by atoms with Crippen LogP contribution in [0.4, 0.5) is 17.5 Å². The predicted octanol–water partition coefficient (Wildman–Crippen LogP) is 3.10. The molecule has 3 rings (SSSR count). The van der Waals surface area contributed by atoms with Gasteiger partial charge in [-0.15, -0.1) is 0 Å². The van der Waals surface area contributed by atoms with E-state index in [1.165, 1.54) is 5.56 Å². The Morgan fingerprint density at radius 2 is 1.69 bits per heavy atom. The van der Waals surface area contributed by atoms with E-state index in [2.05, 4.69) is 65.2 Å². The third-order valence-electron chi connectivity index (χ3n) is 4.64. The van der Waals surface area contributed by atoms with Crippen molar-refractivity contribution in [2.45, 2.75) is 33.1 Å². The highest BCUT2D eigenvalue weighted by Gasteiger charge is 2.18. The summed E-state index contributed by atoms with van der Waals surface area (Å²) in [6, 6.07) is 10.4. The molecule has 1 saturated heterocycles. The minimum Gasteiger partial charge on any atom is -0.353 e. The summed E-state index contributed by atoms with van der Waals surface area (Å²) in [5, 5.41) is 3.31. The summed E-state index contributed by atoms with van der Waals surface area (Å²) in [5.74, 6) is 1.50. The van der Waals surface area contributed by atoms with E-state index in [4.69, 9.17) is 0 Å². The molecule has 0 saturated carbocycles. The Balaban J connectivity index is 1.74. The Hall–Kier alpha value is -2.63. The molecule has 2 heterocycles. The van der Waals surface area contributed by atoms with Gasteiger partial charge in [0.1, 0.15) is 5.82 Å². The van der Waals surface area contributed by atoms with Gasteiger partial charge in [-0.05, 0) is 30.0 Å². The molecule has 0 spiro atoms. The fourth-order valence-corrected chi connectivity index (χ4v) is 3.01. The van der Waals surface area contributed by atoms with Crippen LogP contribution in [0.1, 0.15) is 32.0 Å². The summed E-state index contributed by atoms with van der Waals surface area (Å²) in [7, 11) is 0. The van der Waals surface area contributed by atoms with E-state index in [0.29, 0.717) is 5.95 Å². The lowest BCUT2D eigenvalue weighted by atomic mass is 9.87. The molecule has 0 unspecified atom stereocenters. The largest absolute Gasteiger partial charge is 0.353 e. The predicted molar refractivity (Wildman–Crippen MR) is 105 cm³/mol. The Morgan fingerprint density at radius 1 is 1.04 bits per heavy atom. The molecule has 1 aliphatic heterocycles.